The van der Waals surface area contributed by atoms with Crippen LogP contribution in [0.4, 0.5) is 4.39 Å². The molecule has 0 bridgehead atoms. The van der Waals surface area contributed by atoms with Crippen molar-refractivity contribution in [3.8, 4) is 0 Å². The van der Waals surface area contributed by atoms with Gasteiger partial charge >= 0.3 is 0 Å². The van der Waals surface area contributed by atoms with E-state index in [1.807, 2.05) is 24.3 Å². The van der Waals surface area contributed by atoms with Gasteiger partial charge < -0.3 is 4.90 Å². The van der Waals surface area contributed by atoms with E-state index in [0.29, 0.717) is 11.6 Å². The van der Waals surface area contributed by atoms with Crippen molar-refractivity contribution >= 4 is 17.5 Å². The van der Waals surface area contributed by atoms with Gasteiger partial charge in [0, 0.05) is 11.6 Å². The number of amides is 1. The topological polar surface area (TPSA) is 20.3 Å². The highest BCUT2D eigenvalue weighted by Crippen LogP contribution is 2.36. The van der Waals surface area contributed by atoms with E-state index in [2.05, 4.69) is 0 Å². The Kier molecular flexibility index (Phi) is 3.93. The Morgan fingerprint density at radius 2 is 1.86 bits per heavy atom. The standard InChI is InChI=1S/C17H15ClFNO/c18-14-8-3-1-6-12(14)16-10-5-11-20(16)17(21)13-7-2-4-9-15(13)19/h1-4,6-9,16H,5,10-11H2/t16-/m1/s1. The average Bonchev–Trinajstić information content (AvgIpc) is 2.97. The third-order valence-electron chi connectivity index (χ3n) is 3.88. The molecule has 0 aliphatic carbocycles. The third kappa shape index (κ3) is 2.66. The Morgan fingerprint density at radius 3 is 2.62 bits per heavy atom. The molecule has 0 saturated carbocycles. The van der Waals surface area contributed by atoms with Crippen molar-refractivity contribution in [2.45, 2.75) is 18.9 Å². The Labute approximate surface area is 128 Å². The van der Waals surface area contributed by atoms with Crippen LogP contribution in [0.3, 0.4) is 0 Å². The number of likely N-dealkylation sites (tertiary alicyclic amines) is 1. The first kappa shape index (κ1) is 14.1. The van der Waals surface area contributed by atoms with Gasteiger partial charge in [0.15, 0.2) is 0 Å². The van der Waals surface area contributed by atoms with Gasteiger partial charge in [-0.1, -0.05) is 41.9 Å². The van der Waals surface area contributed by atoms with E-state index < -0.39 is 5.82 Å². The molecule has 108 valence electrons. The molecule has 1 saturated heterocycles. The lowest BCUT2D eigenvalue weighted by molar-refractivity contribution is 0.0731. The number of nitrogens with zero attached hydrogens (tertiary/aromatic N) is 1. The fourth-order valence-corrected chi connectivity index (χ4v) is 3.13. The molecule has 1 heterocycles. The second-order valence-corrected chi connectivity index (χ2v) is 5.57. The Hall–Kier alpha value is -1.87. The van der Waals surface area contributed by atoms with Gasteiger partial charge in [0.05, 0.1) is 11.6 Å². The maximum absolute atomic E-state index is 13.8. The average molecular weight is 304 g/mol. The van der Waals surface area contributed by atoms with Crippen LogP contribution in [0.15, 0.2) is 48.5 Å². The summed E-state index contributed by atoms with van der Waals surface area (Å²) in [5, 5.41) is 0.649. The number of carbonyl (C=O) groups excluding carboxylic acids is 1. The predicted octanol–water partition coefficient (Wildman–Crippen LogP) is 4.46. The van der Waals surface area contributed by atoms with E-state index in [0.717, 1.165) is 18.4 Å². The lowest BCUT2D eigenvalue weighted by Gasteiger charge is -2.26. The highest BCUT2D eigenvalue weighted by atomic mass is 35.5. The summed E-state index contributed by atoms with van der Waals surface area (Å²) in [4.78, 5) is 14.3. The first-order chi connectivity index (χ1) is 10.2. The summed E-state index contributed by atoms with van der Waals surface area (Å²) < 4.78 is 13.8. The zero-order chi connectivity index (χ0) is 14.8. The molecule has 1 aliphatic heterocycles. The molecule has 2 nitrogen and oxygen atoms in total. The van der Waals surface area contributed by atoms with Gasteiger partial charge in [0.1, 0.15) is 5.82 Å². The monoisotopic (exact) mass is 303 g/mol. The molecule has 3 rings (SSSR count). The van der Waals surface area contributed by atoms with Gasteiger partial charge in [0.2, 0.25) is 0 Å². The summed E-state index contributed by atoms with van der Waals surface area (Å²) in [5.74, 6) is -0.747. The zero-order valence-electron chi connectivity index (χ0n) is 11.4. The summed E-state index contributed by atoms with van der Waals surface area (Å²) in [6.45, 7) is 0.628. The maximum Gasteiger partial charge on any atom is 0.257 e. The molecule has 4 heteroatoms. The first-order valence-corrected chi connectivity index (χ1v) is 7.36. The van der Waals surface area contributed by atoms with Gasteiger partial charge in [0.25, 0.3) is 5.91 Å². The van der Waals surface area contributed by atoms with Gasteiger partial charge in [-0.25, -0.2) is 4.39 Å². The van der Waals surface area contributed by atoms with Gasteiger partial charge in [-0.05, 0) is 36.6 Å². The van der Waals surface area contributed by atoms with Crippen molar-refractivity contribution in [2.24, 2.45) is 0 Å². The van der Waals surface area contributed by atoms with E-state index in [4.69, 9.17) is 11.6 Å². The molecule has 2 aromatic rings. The molecule has 21 heavy (non-hydrogen) atoms. The molecule has 1 aliphatic rings. The maximum atomic E-state index is 13.8. The van der Waals surface area contributed by atoms with Gasteiger partial charge in [-0.15, -0.1) is 0 Å². The third-order valence-corrected chi connectivity index (χ3v) is 4.23. The summed E-state index contributed by atoms with van der Waals surface area (Å²) >= 11 is 6.24. The SMILES string of the molecule is O=C(c1ccccc1F)N1CCC[C@@H]1c1ccccc1Cl. The van der Waals surface area contributed by atoms with Crippen molar-refractivity contribution in [1.82, 2.24) is 4.90 Å². The Morgan fingerprint density at radius 1 is 1.14 bits per heavy atom. The van der Waals surface area contributed by atoms with E-state index in [-0.39, 0.29) is 17.5 Å². The molecule has 2 aromatic carbocycles. The van der Waals surface area contributed by atoms with Crippen molar-refractivity contribution < 1.29 is 9.18 Å². The molecule has 0 N–H and O–H groups in total. The van der Waals surface area contributed by atoms with Crippen LogP contribution in [-0.4, -0.2) is 17.4 Å². The van der Waals surface area contributed by atoms with Crippen LogP contribution < -0.4 is 0 Å². The van der Waals surface area contributed by atoms with Crippen molar-refractivity contribution in [2.75, 3.05) is 6.54 Å². The predicted molar refractivity (Wildman–Crippen MR) is 80.9 cm³/mol. The fourth-order valence-electron chi connectivity index (χ4n) is 2.87. The molecule has 1 amide bonds. The molecule has 1 atom stereocenters. The van der Waals surface area contributed by atoms with Crippen LogP contribution in [0, 0.1) is 5.82 Å². The number of hydrogen-bond acceptors (Lipinski definition) is 1. The first-order valence-electron chi connectivity index (χ1n) is 6.98. The van der Waals surface area contributed by atoms with Crippen LogP contribution in [0.5, 0.6) is 0 Å². The lowest BCUT2D eigenvalue weighted by atomic mass is 10.0. The van der Waals surface area contributed by atoms with Crippen LogP contribution in [0.25, 0.3) is 0 Å². The summed E-state index contributed by atoms with van der Waals surface area (Å²) in [5.41, 5.74) is 1.05. The molecule has 0 spiro atoms. The van der Waals surface area contributed by atoms with Gasteiger partial charge in [-0.2, -0.15) is 0 Å². The Balaban J connectivity index is 1.93. The molecular weight excluding hydrogens is 289 g/mol. The molecular formula is C17H15ClFNO. The highest BCUT2D eigenvalue weighted by molar-refractivity contribution is 6.31. The number of benzene rings is 2. The minimum Gasteiger partial charge on any atom is -0.331 e. The molecule has 0 unspecified atom stereocenters. The second kappa shape index (κ2) is 5.86. The molecule has 1 fully saturated rings. The normalized spacial score (nSPS) is 18.0. The van der Waals surface area contributed by atoms with Gasteiger partial charge in [-0.3, -0.25) is 4.79 Å². The number of rotatable bonds is 2. The van der Waals surface area contributed by atoms with E-state index >= 15 is 0 Å². The largest absolute Gasteiger partial charge is 0.331 e. The fraction of sp³-hybridized carbons (Fsp3) is 0.235. The number of hydrogen-bond donors (Lipinski definition) is 0. The summed E-state index contributed by atoms with van der Waals surface area (Å²) in [6, 6.07) is 13.5. The minimum absolute atomic E-state index is 0.0780. The second-order valence-electron chi connectivity index (χ2n) is 5.16. The van der Waals surface area contributed by atoms with Crippen LogP contribution >= 0.6 is 11.6 Å². The smallest absolute Gasteiger partial charge is 0.257 e. The quantitative estimate of drug-likeness (QED) is 0.802. The van der Waals surface area contributed by atoms with E-state index in [1.165, 1.54) is 12.1 Å². The lowest BCUT2D eigenvalue weighted by Crippen LogP contribution is -2.31. The van der Waals surface area contributed by atoms with Crippen molar-refractivity contribution in [3.05, 3.63) is 70.5 Å². The van der Waals surface area contributed by atoms with Crippen molar-refractivity contribution in [1.29, 1.82) is 0 Å². The van der Waals surface area contributed by atoms with Crippen LogP contribution in [0.1, 0.15) is 34.8 Å². The summed E-state index contributed by atoms with van der Waals surface area (Å²) in [7, 11) is 0. The molecule has 0 aromatic heterocycles. The number of carbonyl (C=O) groups is 1. The van der Waals surface area contributed by atoms with E-state index in [1.54, 1.807) is 17.0 Å². The highest BCUT2D eigenvalue weighted by Gasteiger charge is 2.32. The van der Waals surface area contributed by atoms with Crippen molar-refractivity contribution in [3.63, 3.8) is 0 Å². The van der Waals surface area contributed by atoms with E-state index in [9.17, 15) is 9.18 Å². The summed E-state index contributed by atoms with van der Waals surface area (Å²) in [6.07, 6.45) is 1.75. The minimum atomic E-state index is -0.479. The Bertz CT molecular complexity index is 673. The molecule has 0 radical (unpaired) electrons. The zero-order valence-corrected chi connectivity index (χ0v) is 12.2. The van der Waals surface area contributed by atoms with Crippen LogP contribution in [-0.2, 0) is 0 Å². The van der Waals surface area contributed by atoms with Crippen LogP contribution in [0.2, 0.25) is 5.02 Å². The number of halogens is 2.